The van der Waals surface area contributed by atoms with Gasteiger partial charge in [-0.1, -0.05) is 24.3 Å². The number of rotatable bonds is 3. The monoisotopic (exact) mass is 319 g/mol. The maximum absolute atomic E-state index is 12.3. The maximum Gasteiger partial charge on any atom is 0.250 e. The average Bonchev–Trinajstić information content (AvgIpc) is 2.55. The minimum atomic E-state index is -0.411. The molecule has 0 aliphatic carbocycles. The summed E-state index contributed by atoms with van der Waals surface area (Å²) >= 11 is 0. The van der Waals surface area contributed by atoms with E-state index in [4.69, 9.17) is 0 Å². The Morgan fingerprint density at radius 2 is 1.46 bits per heavy atom. The summed E-state index contributed by atoms with van der Waals surface area (Å²) in [6.45, 7) is 8.06. The van der Waals surface area contributed by atoms with Gasteiger partial charge in [0.05, 0.1) is 5.56 Å². The highest BCUT2D eigenvalue weighted by Gasteiger charge is 2.27. The van der Waals surface area contributed by atoms with Crippen molar-refractivity contribution < 1.29 is 0 Å². The van der Waals surface area contributed by atoms with Crippen LogP contribution in [-0.2, 0) is 0 Å². The molecule has 0 atom stereocenters. The van der Waals surface area contributed by atoms with E-state index < -0.39 is 10.9 Å². The van der Waals surface area contributed by atoms with E-state index in [0.717, 1.165) is 27.9 Å². The van der Waals surface area contributed by atoms with Gasteiger partial charge in [0.25, 0.3) is 5.43 Å². The summed E-state index contributed by atoms with van der Waals surface area (Å²) in [5.41, 5.74) is 6.41. The molecule has 0 saturated heterocycles. The molecule has 0 N–H and O–H groups in total. The van der Waals surface area contributed by atoms with E-state index in [2.05, 4.69) is 6.07 Å². The second-order valence-corrected chi connectivity index (χ2v) is 6.53. The van der Waals surface area contributed by atoms with E-state index in [-0.39, 0.29) is 0 Å². The van der Waals surface area contributed by atoms with Gasteiger partial charge in [-0.3, -0.25) is 9.59 Å². The van der Waals surface area contributed by atoms with Crippen LogP contribution in [-0.4, -0.2) is 7.05 Å². The molecule has 3 nitrogen and oxygen atoms in total. The lowest BCUT2D eigenvalue weighted by Gasteiger charge is -2.24. The standard InChI is InChI=1S/C21H21NO2/c1-12-7-6-8-16(9-12)22(5)19-18(20(23)21(19)24)17-11-14(3)13(2)10-15(17)4/h6-11H,1-5H3. The fourth-order valence-corrected chi connectivity index (χ4v) is 3.15. The summed E-state index contributed by atoms with van der Waals surface area (Å²) in [6.07, 6.45) is 0. The van der Waals surface area contributed by atoms with Gasteiger partial charge < -0.3 is 4.90 Å². The molecule has 3 aromatic rings. The van der Waals surface area contributed by atoms with Crippen molar-refractivity contribution in [2.45, 2.75) is 27.7 Å². The molecule has 0 aliphatic rings. The van der Waals surface area contributed by atoms with Gasteiger partial charge in [-0.2, -0.15) is 0 Å². The zero-order chi connectivity index (χ0) is 17.6. The van der Waals surface area contributed by atoms with Gasteiger partial charge in [0.2, 0.25) is 5.43 Å². The lowest BCUT2D eigenvalue weighted by Crippen LogP contribution is -2.39. The van der Waals surface area contributed by atoms with Crippen molar-refractivity contribution in [1.29, 1.82) is 0 Å². The molecule has 3 aromatic carbocycles. The average molecular weight is 319 g/mol. The molecule has 0 saturated carbocycles. The van der Waals surface area contributed by atoms with Crippen molar-refractivity contribution in [2.75, 3.05) is 11.9 Å². The number of hydrogen-bond donors (Lipinski definition) is 0. The molecule has 0 aromatic heterocycles. The van der Waals surface area contributed by atoms with Gasteiger partial charge in [-0.15, -0.1) is 0 Å². The van der Waals surface area contributed by atoms with Gasteiger partial charge in [-0.05, 0) is 67.6 Å². The molecular weight excluding hydrogens is 298 g/mol. The van der Waals surface area contributed by atoms with Crippen LogP contribution in [0, 0.1) is 27.7 Å². The Morgan fingerprint density at radius 1 is 0.792 bits per heavy atom. The molecule has 0 unspecified atom stereocenters. The fraction of sp³-hybridized carbons (Fsp3) is 0.238. The maximum atomic E-state index is 12.3. The number of anilines is 2. The molecule has 122 valence electrons. The Morgan fingerprint density at radius 3 is 2.12 bits per heavy atom. The lowest BCUT2D eigenvalue weighted by atomic mass is 9.91. The van der Waals surface area contributed by atoms with Crippen molar-refractivity contribution in [3.05, 3.63) is 79.1 Å². The Kier molecular flexibility index (Phi) is 3.88. The fourth-order valence-electron chi connectivity index (χ4n) is 3.15. The number of aryl methyl sites for hydroxylation is 4. The molecule has 0 bridgehead atoms. The summed E-state index contributed by atoms with van der Waals surface area (Å²) in [5.74, 6) is 0. The van der Waals surface area contributed by atoms with E-state index in [1.807, 2.05) is 70.0 Å². The topological polar surface area (TPSA) is 37.4 Å². The Bertz CT molecular complexity index is 1010. The summed E-state index contributed by atoms with van der Waals surface area (Å²) in [5, 5.41) is 0. The Balaban J connectivity index is 2.17. The van der Waals surface area contributed by atoms with Crippen molar-refractivity contribution in [1.82, 2.24) is 0 Å². The van der Waals surface area contributed by atoms with Crippen LogP contribution in [0.5, 0.6) is 0 Å². The molecule has 0 heterocycles. The quantitative estimate of drug-likeness (QED) is 0.686. The Hall–Kier alpha value is -2.68. The highest BCUT2D eigenvalue weighted by Crippen LogP contribution is 2.33. The molecule has 3 rings (SSSR count). The zero-order valence-corrected chi connectivity index (χ0v) is 14.7. The second kappa shape index (κ2) is 5.75. The first-order valence-corrected chi connectivity index (χ1v) is 8.03. The van der Waals surface area contributed by atoms with Gasteiger partial charge in [0.1, 0.15) is 5.69 Å². The van der Waals surface area contributed by atoms with Crippen molar-refractivity contribution >= 4 is 11.4 Å². The van der Waals surface area contributed by atoms with Crippen molar-refractivity contribution in [3.63, 3.8) is 0 Å². The van der Waals surface area contributed by atoms with E-state index in [0.29, 0.717) is 11.3 Å². The highest BCUT2D eigenvalue weighted by atomic mass is 16.2. The third kappa shape index (κ3) is 2.46. The predicted molar refractivity (Wildman–Crippen MR) is 100 cm³/mol. The molecule has 0 amide bonds. The molecule has 24 heavy (non-hydrogen) atoms. The first-order valence-electron chi connectivity index (χ1n) is 8.03. The summed E-state index contributed by atoms with van der Waals surface area (Å²) < 4.78 is 0. The van der Waals surface area contributed by atoms with E-state index in [9.17, 15) is 9.59 Å². The lowest BCUT2D eigenvalue weighted by molar-refractivity contribution is 1.15. The summed E-state index contributed by atoms with van der Waals surface area (Å²) in [7, 11) is 1.84. The van der Waals surface area contributed by atoms with Crippen LogP contribution in [0.2, 0.25) is 0 Å². The number of hydrogen-bond acceptors (Lipinski definition) is 3. The van der Waals surface area contributed by atoms with Gasteiger partial charge in [-0.25, -0.2) is 0 Å². The molecule has 0 radical (unpaired) electrons. The summed E-state index contributed by atoms with van der Waals surface area (Å²) in [6, 6.07) is 12.0. The largest absolute Gasteiger partial charge is 0.341 e. The first kappa shape index (κ1) is 16.2. The minimum Gasteiger partial charge on any atom is -0.341 e. The third-order valence-corrected chi connectivity index (χ3v) is 4.72. The van der Waals surface area contributed by atoms with Crippen molar-refractivity contribution in [3.8, 4) is 11.1 Å². The first-order chi connectivity index (χ1) is 11.3. The van der Waals surface area contributed by atoms with Gasteiger partial charge in [0.15, 0.2) is 0 Å². The zero-order valence-electron chi connectivity index (χ0n) is 14.7. The normalized spacial score (nSPS) is 11.0. The molecular formula is C21H21NO2. The molecule has 3 heteroatoms. The van der Waals surface area contributed by atoms with E-state index in [1.54, 1.807) is 0 Å². The number of benzene rings is 2. The van der Waals surface area contributed by atoms with Crippen LogP contribution in [0.3, 0.4) is 0 Å². The van der Waals surface area contributed by atoms with Crippen LogP contribution in [0.4, 0.5) is 11.4 Å². The van der Waals surface area contributed by atoms with Crippen LogP contribution in [0.15, 0.2) is 46.0 Å². The smallest absolute Gasteiger partial charge is 0.250 e. The van der Waals surface area contributed by atoms with E-state index in [1.165, 1.54) is 5.56 Å². The summed E-state index contributed by atoms with van der Waals surface area (Å²) in [4.78, 5) is 26.4. The Labute approximate surface area is 141 Å². The van der Waals surface area contributed by atoms with Crippen LogP contribution in [0.1, 0.15) is 22.3 Å². The second-order valence-electron chi connectivity index (χ2n) is 6.53. The van der Waals surface area contributed by atoms with Crippen LogP contribution < -0.4 is 15.8 Å². The minimum absolute atomic E-state index is 0.393. The van der Waals surface area contributed by atoms with Gasteiger partial charge in [0, 0.05) is 12.7 Å². The molecule has 0 fully saturated rings. The van der Waals surface area contributed by atoms with Crippen molar-refractivity contribution in [2.24, 2.45) is 0 Å². The van der Waals surface area contributed by atoms with Gasteiger partial charge >= 0.3 is 0 Å². The molecule has 0 spiro atoms. The highest BCUT2D eigenvalue weighted by molar-refractivity contribution is 5.87. The van der Waals surface area contributed by atoms with Crippen LogP contribution >= 0.6 is 0 Å². The third-order valence-electron chi connectivity index (χ3n) is 4.72. The number of nitrogens with zero attached hydrogens (tertiary/aromatic N) is 1. The molecule has 0 aliphatic heterocycles. The van der Waals surface area contributed by atoms with Crippen LogP contribution in [0.25, 0.3) is 11.1 Å². The SMILES string of the molecule is Cc1cccc(N(C)c2c(-c3cc(C)c(C)cc3C)c(=O)c2=O)c1. The van der Waals surface area contributed by atoms with E-state index >= 15 is 0 Å². The predicted octanol–water partition coefficient (Wildman–Crippen LogP) is 3.95.